The Bertz CT molecular complexity index is 1590. The van der Waals surface area contributed by atoms with Crippen LogP contribution in [-0.2, 0) is 40.4 Å². The Hall–Kier alpha value is -4.40. The summed E-state index contributed by atoms with van der Waals surface area (Å²) in [6.45, 7) is 7.31. The van der Waals surface area contributed by atoms with Crippen LogP contribution in [0, 0.1) is 11.8 Å². The molecule has 4 aliphatic rings. The quantitative estimate of drug-likeness (QED) is 0.312. The van der Waals surface area contributed by atoms with Gasteiger partial charge in [0.25, 0.3) is 5.91 Å². The molecule has 260 valence electrons. The molecule has 0 spiro atoms. The van der Waals surface area contributed by atoms with Gasteiger partial charge < -0.3 is 30.3 Å². The minimum atomic E-state index is -3.90. The van der Waals surface area contributed by atoms with Gasteiger partial charge in [0.1, 0.15) is 23.7 Å². The number of nitrogens with one attached hydrogen (secondary N) is 4. The van der Waals surface area contributed by atoms with Crippen molar-refractivity contribution in [2.75, 3.05) is 13.2 Å². The average molecular weight is 686 g/mol. The summed E-state index contributed by atoms with van der Waals surface area (Å²) in [5.74, 6) is -3.16. The average Bonchev–Trinajstić information content (AvgIpc) is 3.97. The number of fused-ring (bicyclic) bond motifs is 4. The summed E-state index contributed by atoms with van der Waals surface area (Å²) in [6, 6.07) is 5.27. The molecule has 48 heavy (non-hydrogen) atoms. The molecule has 0 radical (unpaired) electrons. The van der Waals surface area contributed by atoms with Gasteiger partial charge in [0.15, 0.2) is 0 Å². The van der Waals surface area contributed by atoms with E-state index in [1.54, 1.807) is 13.8 Å². The van der Waals surface area contributed by atoms with E-state index in [4.69, 9.17) is 9.47 Å². The molecule has 3 fully saturated rings. The molecule has 1 aromatic rings. The second-order valence-electron chi connectivity index (χ2n) is 13.1. The Morgan fingerprint density at radius 2 is 1.94 bits per heavy atom. The van der Waals surface area contributed by atoms with E-state index in [0.29, 0.717) is 25.7 Å². The maximum absolute atomic E-state index is 14.0. The third kappa shape index (κ3) is 8.17. The molecular weight excluding hydrogens is 642 g/mol. The van der Waals surface area contributed by atoms with Gasteiger partial charge in [-0.2, -0.15) is 0 Å². The lowest BCUT2D eigenvalue weighted by molar-refractivity contribution is -0.141. The van der Waals surface area contributed by atoms with Crippen molar-refractivity contribution in [1.82, 2.24) is 25.6 Å². The molecular formula is C33H43N5O9S. The molecule has 2 heterocycles. The van der Waals surface area contributed by atoms with E-state index in [1.165, 1.54) is 11.0 Å². The fourth-order valence-electron chi connectivity index (χ4n) is 6.01. The summed E-state index contributed by atoms with van der Waals surface area (Å²) in [5, 5.41) is 7.37. The van der Waals surface area contributed by atoms with Gasteiger partial charge in [-0.3, -0.25) is 19.1 Å². The van der Waals surface area contributed by atoms with Crippen molar-refractivity contribution in [2.45, 2.75) is 87.9 Å². The number of amides is 5. The summed E-state index contributed by atoms with van der Waals surface area (Å²) < 4.78 is 38.2. The van der Waals surface area contributed by atoms with Crippen molar-refractivity contribution >= 4 is 46.0 Å². The largest absolute Gasteiger partial charge is 0.450 e. The third-order valence-corrected chi connectivity index (χ3v) is 10.8. The van der Waals surface area contributed by atoms with E-state index < -0.39 is 80.7 Å². The Kier molecular flexibility index (Phi) is 10.5. The molecule has 5 amide bonds. The van der Waals surface area contributed by atoms with E-state index >= 15 is 0 Å². The van der Waals surface area contributed by atoms with Gasteiger partial charge in [0, 0.05) is 18.9 Å². The first-order chi connectivity index (χ1) is 22.8. The van der Waals surface area contributed by atoms with E-state index in [0.717, 1.165) is 11.1 Å². The van der Waals surface area contributed by atoms with Crippen LogP contribution in [0.4, 0.5) is 9.59 Å². The molecule has 5 rings (SSSR count). The lowest BCUT2D eigenvalue weighted by atomic mass is 10.0. The number of ether oxygens (including phenoxy) is 2. The molecule has 4 bridgehead atoms. The van der Waals surface area contributed by atoms with Crippen LogP contribution in [-0.4, -0.2) is 85.4 Å². The van der Waals surface area contributed by atoms with Gasteiger partial charge in [0.05, 0.1) is 18.4 Å². The molecule has 5 atom stereocenters. The molecule has 1 saturated heterocycles. The Balaban J connectivity index is 1.37. The second kappa shape index (κ2) is 14.4. The van der Waals surface area contributed by atoms with Gasteiger partial charge in [-0.15, -0.1) is 6.58 Å². The monoisotopic (exact) mass is 685 g/mol. The summed E-state index contributed by atoms with van der Waals surface area (Å²) >= 11 is 0. The zero-order valence-electron chi connectivity index (χ0n) is 27.1. The summed E-state index contributed by atoms with van der Waals surface area (Å²) in [6.07, 6.45) is 5.02. The van der Waals surface area contributed by atoms with Gasteiger partial charge in [-0.1, -0.05) is 50.3 Å². The van der Waals surface area contributed by atoms with Crippen LogP contribution in [0.25, 0.3) is 6.08 Å². The topological polar surface area (TPSA) is 189 Å². The summed E-state index contributed by atoms with van der Waals surface area (Å²) in [5.41, 5.74) is 0.191. The minimum absolute atomic E-state index is 0.0998. The summed E-state index contributed by atoms with van der Waals surface area (Å²) in [7, 11) is -3.90. The van der Waals surface area contributed by atoms with Gasteiger partial charge >= 0.3 is 12.2 Å². The van der Waals surface area contributed by atoms with Crippen LogP contribution >= 0.6 is 0 Å². The number of cyclic esters (lactones) is 1. The van der Waals surface area contributed by atoms with E-state index in [2.05, 4.69) is 27.3 Å². The highest BCUT2D eigenvalue weighted by Gasteiger charge is 2.62. The summed E-state index contributed by atoms with van der Waals surface area (Å²) in [4.78, 5) is 68.0. The predicted molar refractivity (Wildman–Crippen MR) is 174 cm³/mol. The van der Waals surface area contributed by atoms with Crippen molar-refractivity contribution in [2.24, 2.45) is 11.8 Å². The Labute approximate surface area is 280 Å². The number of nitrogens with zero attached hydrogens (tertiary/aromatic N) is 1. The van der Waals surface area contributed by atoms with Gasteiger partial charge in [-0.25, -0.2) is 18.0 Å². The SMILES string of the molecule is C=CC1C[C@]1(NC(=O)[C@@H]1C[C@@H]2CN1C(=O)[C@H](C(C)C)NC(=O)OCCC/C=C/c1cccc(c1)CNC(=O)O2)C(=O)NS(=O)(=O)C1CC1. The highest BCUT2D eigenvalue weighted by atomic mass is 32.2. The fraction of sp³-hybridized carbons (Fsp3) is 0.545. The zero-order chi connectivity index (χ0) is 34.6. The van der Waals surface area contributed by atoms with Gasteiger partial charge in [-0.05, 0) is 55.2 Å². The van der Waals surface area contributed by atoms with Crippen LogP contribution < -0.4 is 20.7 Å². The first-order valence-electron chi connectivity index (χ1n) is 16.3. The molecule has 0 aromatic heterocycles. The number of hydrogen-bond donors (Lipinski definition) is 4. The normalized spacial score (nSPS) is 29.0. The Morgan fingerprint density at radius 3 is 2.62 bits per heavy atom. The molecule has 1 unspecified atom stereocenters. The maximum atomic E-state index is 14.0. The fourth-order valence-corrected chi connectivity index (χ4v) is 7.38. The predicted octanol–water partition coefficient (Wildman–Crippen LogP) is 2.11. The van der Waals surface area contributed by atoms with Crippen molar-refractivity contribution < 1.29 is 41.9 Å². The number of alkyl carbamates (subject to hydrolysis) is 2. The molecule has 15 heteroatoms. The molecule has 2 saturated carbocycles. The number of rotatable bonds is 7. The number of carbonyl (C=O) groups excluding carboxylic acids is 5. The first-order valence-corrected chi connectivity index (χ1v) is 17.8. The van der Waals surface area contributed by atoms with Crippen LogP contribution in [0.3, 0.4) is 0 Å². The zero-order valence-corrected chi connectivity index (χ0v) is 27.9. The smallest absolute Gasteiger partial charge is 0.407 e. The number of benzene rings is 1. The number of allylic oxidation sites excluding steroid dienone is 1. The first kappa shape index (κ1) is 34.9. The number of carbonyl (C=O) groups is 5. The highest BCUT2D eigenvalue weighted by molar-refractivity contribution is 7.91. The van der Waals surface area contributed by atoms with Crippen LogP contribution in [0.15, 0.2) is 43.0 Å². The minimum Gasteiger partial charge on any atom is -0.450 e. The number of hydrogen-bond acceptors (Lipinski definition) is 9. The molecule has 2 aliphatic heterocycles. The van der Waals surface area contributed by atoms with Gasteiger partial charge in [0.2, 0.25) is 21.8 Å². The van der Waals surface area contributed by atoms with Crippen molar-refractivity contribution in [3.63, 3.8) is 0 Å². The second-order valence-corrected chi connectivity index (χ2v) is 15.1. The van der Waals surface area contributed by atoms with E-state index in [1.807, 2.05) is 36.4 Å². The highest BCUT2D eigenvalue weighted by Crippen LogP contribution is 2.45. The van der Waals surface area contributed by atoms with E-state index in [-0.39, 0.29) is 32.5 Å². The van der Waals surface area contributed by atoms with Crippen molar-refractivity contribution in [1.29, 1.82) is 0 Å². The van der Waals surface area contributed by atoms with Crippen molar-refractivity contribution in [3.05, 3.63) is 54.1 Å². The van der Waals surface area contributed by atoms with E-state index in [9.17, 15) is 32.4 Å². The Morgan fingerprint density at radius 1 is 1.17 bits per heavy atom. The molecule has 14 nitrogen and oxygen atoms in total. The molecule has 2 aliphatic carbocycles. The molecule has 1 aromatic carbocycles. The molecule has 4 N–H and O–H groups in total. The third-order valence-electron chi connectivity index (χ3n) is 9.02. The van der Waals surface area contributed by atoms with Crippen LogP contribution in [0.2, 0.25) is 0 Å². The van der Waals surface area contributed by atoms with Crippen molar-refractivity contribution in [3.8, 4) is 0 Å². The lowest BCUT2D eigenvalue weighted by Crippen LogP contribution is -2.59. The standard InChI is InChI=1S/C33H43N5O9S/c1-4-23-17-33(23,30(41)37-48(44,45)25-12-13-25)36-28(39)26-16-24-19-38(26)29(40)27(20(2)3)35-32(43)46-14-7-5-6-9-21-10-8-11-22(15-21)18-34-31(42)47-24/h4,6,8-11,15,20,23-27H,1,5,7,12-14,16-19H2,2-3H3,(H,34,42)(H,35,43)(H,36,39)(H,37,41)/b9-6+/t23?,24-,26+,27+,33-/m1/s1. The maximum Gasteiger partial charge on any atom is 0.407 e. The lowest BCUT2D eigenvalue weighted by Gasteiger charge is -2.31. The van der Waals surface area contributed by atoms with Crippen LogP contribution in [0.1, 0.15) is 63.5 Å². The van der Waals surface area contributed by atoms with Crippen LogP contribution in [0.5, 0.6) is 0 Å². The number of sulfonamides is 1.